The molecule has 0 saturated carbocycles. The van der Waals surface area contributed by atoms with E-state index in [1.807, 2.05) is 14.0 Å². The van der Waals surface area contributed by atoms with Gasteiger partial charge in [0, 0.05) is 32.4 Å². The maximum absolute atomic E-state index is 11.8. The van der Waals surface area contributed by atoms with E-state index in [9.17, 15) is 4.79 Å². The Morgan fingerprint density at radius 2 is 2.04 bits per heavy atom. The van der Waals surface area contributed by atoms with Crippen LogP contribution in [0.25, 0.3) is 0 Å². The van der Waals surface area contributed by atoms with E-state index in [1.54, 1.807) is 22.8 Å². The van der Waals surface area contributed by atoms with E-state index >= 15 is 0 Å². The second-order valence-corrected chi connectivity index (χ2v) is 5.95. The van der Waals surface area contributed by atoms with Crippen molar-refractivity contribution in [1.82, 2.24) is 20.5 Å². The van der Waals surface area contributed by atoms with Crippen LogP contribution in [0.1, 0.15) is 23.2 Å². The number of rotatable bonds is 7. The van der Waals surface area contributed by atoms with Crippen LogP contribution < -0.4 is 16.0 Å². The predicted octanol–water partition coefficient (Wildman–Crippen LogP) is 2.41. The number of aromatic nitrogens is 1. The van der Waals surface area contributed by atoms with Crippen molar-refractivity contribution in [2.45, 2.75) is 13.5 Å². The molecule has 25 heavy (non-hydrogen) atoms. The summed E-state index contributed by atoms with van der Waals surface area (Å²) in [4.78, 5) is 16.2. The number of carbonyl (C=O) groups is 1. The van der Waals surface area contributed by atoms with Gasteiger partial charge in [-0.15, -0.1) is 0 Å². The van der Waals surface area contributed by atoms with Crippen molar-refractivity contribution in [2.24, 2.45) is 12.0 Å². The first kappa shape index (κ1) is 19.2. The molecular weight excluding hydrogens is 365 g/mol. The topological polar surface area (TPSA) is 83.6 Å². The highest BCUT2D eigenvalue weighted by Crippen LogP contribution is 2.25. The van der Waals surface area contributed by atoms with E-state index in [2.05, 4.69) is 20.9 Å². The average Bonchev–Trinajstić information content (AvgIpc) is 3.21. The molecule has 2 rings (SSSR count). The number of hydrogen-bond donors (Lipinski definition) is 3. The molecular formula is C16H21Cl2N5O2. The number of furan rings is 1. The number of halogens is 2. The molecule has 0 spiro atoms. The summed E-state index contributed by atoms with van der Waals surface area (Å²) in [6.45, 7) is 4.08. The van der Waals surface area contributed by atoms with Gasteiger partial charge in [0.1, 0.15) is 5.15 Å². The van der Waals surface area contributed by atoms with Crippen molar-refractivity contribution in [2.75, 3.05) is 19.6 Å². The summed E-state index contributed by atoms with van der Waals surface area (Å²) < 4.78 is 6.82. The molecule has 2 aromatic heterocycles. The van der Waals surface area contributed by atoms with Crippen molar-refractivity contribution in [3.63, 3.8) is 0 Å². The Morgan fingerprint density at radius 1 is 1.28 bits per heavy atom. The third-order valence-electron chi connectivity index (χ3n) is 3.41. The monoisotopic (exact) mass is 385 g/mol. The number of nitrogens with zero attached hydrogens (tertiary/aromatic N) is 2. The molecule has 0 saturated heterocycles. The molecule has 2 heterocycles. The molecule has 9 heteroatoms. The predicted molar refractivity (Wildman–Crippen MR) is 99.3 cm³/mol. The number of nitrogens with one attached hydrogen (secondary N) is 3. The average molecular weight is 386 g/mol. The van der Waals surface area contributed by atoms with Crippen LogP contribution in [0.3, 0.4) is 0 Å². The summed E-state index contributed by atoms with van der Waals surface area (Å²) in [6, 6.07) is 5.08. The summed E-state index contributed by atoms with van der Waals surface area (Å²) in [6.07, 6.45) is 1.46. The summed E-state index contributed by atoms with van der Waals surface area (Å²) in [5.41, 5.74) is 0.901. The van der Waals surface area contributed by atoms with E-state index in [1.165, 1.54) is 6.26 Å². The summed E-state index contributed by atoms with van der Waals surface area (Å²) in [5, 5.41) is 10.1. The van der Waals surface area contributed by atoms with Gasteiger partial charge in [0.25, 0.3) is 5.91 Å². The normalized spacial score (nSPS) is 11.4. The Labute approximate surface area is 156 Å². The minimum atomic E-state index is -0.248. The van der Waals surface area contributed by atoms with Gasteiger partial charge in [-0.1, -0.05) is 23.2 Å². The van der Waals surface area contributed by atoms with E-state index in [0.717, 1.165) is 12.2 Å². The molecule has 136 valence electrons. The summed E-state index contributed by atoms with van der Waals surface area (Å²) in [7, 11) is 1.84. The highest BCUT2D eigenvalue weighted by Gasteiger charge is 2.09. The van der Waals surface area contributed by atoms with Gasteiger partial charge in [0.15, 0.2) is 11.7 Å². The molecule has 0 unspecified atom stereocenters. The molecule has 0 aliphatic carbocycles. The molecule has 0 radical (unpaired) electrons. The molecule has 0 aliphatic rings. The van der Waals surface area contributed by atoms with Crippen LogP contribution >= 0.6 is 23.2 Å². The van der Waals surface area contributed by atoms with Crippen LogP contribution in [-0.2, 0) is 13.6 Å². The lowest BCUT2D eigenvalue weighted by atomic mass is 10.4. The maximum Gasteiger partial charge on any atom is 0.287 e. The fraction of sp³-hybridized carbons (Fsp3) is 0.375. The largest absolute Gasteiger partial charge is 0.459 e. The molecule has 1 amide bonds. The van der Waals surface area contributed by atoms with Gasteiger partial charge >= 0.3 is 0 Å². The van der Waals surface area contributed by atoms with E-state index in [0.29, 0.717) is 35.8 Å². The SMILES string of the molecule is CCNC(=NCc1cc(Cl)c(Cl)n1C)NCCNC(=O)c1ccco1. The fourth-order valence-corrected chi connectivity index (χ4v) is 2.51. The second-order valence-electron chi connectivity index (χ2n) is 5.19. The highest BCUT2D eigenvalue weighted by atomic mass is 35.5. The van der Waals surface area contributed by atoms with Gasteiger partial charge in [-0.3, -0.25) is 4.79 Å². The van der Waals surface area contributed by atoms with E-state index in [-0.39, 0.29) is 11.7 Å². The number of hydrogen-bond acceptors (Lipinski definition) is 3. The van der Waals surface area contributed by atoms with Crippen molar-refractivity contribution in [3.8, 4) is 0 Å². The standard InChI is InChI=1S/C16H21Cl2N5O2/c1-3-19-16(22-10-11-9-12(17)14(18)23(11)2)21-7-6-20-15(24)13-5-4-8-25-13/h4-5,8-9H,3,6-7,10H2,1-2H3,(H,20,24)(H2,19,21,22). The van der Waals surface area contributed by atoms with Crippen LogP contribution in [0, 0.1) is 0 Å². The molecule has 0 atom stereocenters. The van der Waals surface area contributed by atoms with Gasteiger partial charge in [-0.05, 0) is 25.1 Å². The van der Waals surface area contributed by atoms with Crippen molar-refractivity contribution in [3.05, 3.63) is 46.1 Å². The number of aliphatic imine (C=N–C) groups is 1. The minimum Gasteiger partial charge on any atom is -0.459 e. The third-order valence-corrected chi connectivity index (χ3v) is 4.25. The first-order valence-electron chi connectivity index (χ1n) is 7.86. The number of carbonyl (C=O) groups excluding carboxylic acids is 1. The van der Waals surface area contributed by atoms with Gasteiger partial charge in [0.2, 0.25) is 0 Å². The van der Waals surface area contributed by atoms with Crippen molar-refractivity contribution >= 4 is 35.1 Å². The minimum absolute atomic E-state index is 0.248. The Morgan fingerprint density at radius 3 is 2.64 bits per heavy atom. The fourth-order valence-electron chi connectivity index (χ4n) is 2.09. The molecule has 0 fully saturated rings. The van der Waals surface area contributed by atoms with Gasteiger partial charge in [-0.25, -0.2) is 4.99 Å². The lowest BCUT2D eigenvalue weighted by molar-refractivity contribution is 0.0926. The van der Waals surface area contributed by atoms with Crippen molar-refractivity contribution in [1.29, 1.82) is 0 Å². The molecule has 2 aromatic rings. The molecule has 3 N–H and O–H groups in total. The molecule has 0 aromatic carbocycles. The molecule has 0 bridgehead atoms. The van der Waals surface area contributed by atoms with Gasteiger partial charge in [0.05, 0.1) is 17.8 Å². The summed E-state index contributed by atoms with van der Waals surface area (Å²) in [5.74, 6) is 0.683. The van der Waals surface area contributed by atoms with Crippen LogP contribution in [0.15, 0.2) is 33.9 Å². The first-order chi connectivity index (χ1) is 12.0. The maximum atomic E-state index is 11.8. The third kappa shape index (κ3) is 5.44. The Hall–Kier alpha value is -2.12. The lowest BCUT2D eigenvalue weighted by Gasteiger charge is -2.11. The summed E-state index contributed by atoms with van der Waals surface area (Å²) >= 11 is 12.1. The van der Waals surface area contributed by atoms with Crippen LogP contribution in [-0.4, -0.2) is 36.1 Å². The zero-order chi connectivity index (χ0) is 18.2. The quantitative estimate of drug-likeness (QED) is 0.388. The Bertz CT molecular complexity index is 725. The zero-order valence-electron chi connectivity index (χ0n) is 14.1. The van der Waals surface area contributed by atoms with E-state index in [4.69, 9.17) is 27.6 Å². The van der Waals surface area contributed by atoms with Gasteiger partial charge in [-0.2, -0.15) is 0 Å². The second kappa shape index (κ2) is 9.39. The first-order valence-corrected chi connectivity index (χ1v) is 8.62. The Balaban J connectivity index is 1.83. The number of amides is 1. The lowest BCUT2D eigenvalue weighted by Crippen LogP contribution is -2.41. The molecule has 7 nitrogen and oxygen atoms in total. The highest BCUT2D eigenvalue weighted by molar-refractivity contribution is 6.41. The number of guanidine groups is 1. The van der Waals surface area contributed by atoms with Crippen LogP contribution in [0.5, 0.6) is 0 Å². The zero-order valence-corrected chi connectivity index (χ0v) is 15.6. The Kier molecular flexibility index (Phi) is 7.21. The molecule has 0 aliphatic heterocycles. The van der Waals surface area contributed by atoms with E-state index < -0.39 is 0 Å². The van der Waals surface area contributed by atoms with Crippen LogP contribution in [0.2, 0.25) is 10.2 Å². The smallest absolute Gasteiger partial charge is 0.287 e. The van der Waals surface area contributed by atoms with Gasteiger partial charge < -0.3 is 24.9 Å². The van der Waals surface area contributed by atoms with Crippen LogP contribution in [0.4, 0.5) is 0 Å². The van der Waals surface area contributed by atoms with Crippen molar-refractivity contribution < 1.29 is 9.21 Å².